The van der Waals surface area contributed by atoms with Gasteiger partial charge in [0, 0.05) is 12.1 Å². The Bertz CT molecular complexity index is 1450. The Hall–Kier alpha value is -3.93. The number of alkyl halides is 3. The molecule has 184 valence electrons. The molecule has 0 aliphatic carbocycles. The van der Waals surface area contributed by atoms with Gasteiger partial charge in [0.25, 0.3) is 5.56 Å². The molecule has 2 N–H and O–H groups in total. The fourth-order valence-electron chi connectivity index (χ4n) is 4.76. The summed E-state index contributed by atoms with van der Waals surface area (Å²) in [5, 5.41) is 13.6. The van der Waals surface area contributed by atoms with Crippen LogP contribution in [0.4, 0.5) is 13.2 Å². The number of benzene rings is 2. The number of hydrogen-bond donors (Lipinski definition) is 2. The van der Waals surface area contributed by atoms with Crippen LogP contribution in [0.15, 0.2) is 39.9 Å². The van der Waals surface area contributed by atoms with Gasteiger partial charge >= 0.3 is 11.9 Å². The number of halogens is 3. The number of aromatic nitrogens is 2. The summed E-state index contributed by atoms with van der Waals surface area (Å²) in [6, 6.07) is 4.69. The summed E-state index contributed by atoms with van der Waals surface area (Å²) in [5.41, 5.74) is -2.38. The molecule has 2 atom stereocenters. The fraction of sp³-hybridized carbons (Fsp3) is 0.304. The molecule has 0 bridgehead atoms. The van der Waals surface area contributed by atoms with Crippen molar-refractivity contribution in [3.63, 3.8) is 0 Å². The van der Waals surface area contributed by atoms with E-state index in [-0.39, 0.29) is 18.0 Å². The summed E-state index contributed by atoms with van der Waals surface area (Å²) in [4.78, 5) is 28.5. The molecule has 0 saturated heterocycles. The lowest BCUT2D eigenvalue weighted by Crippen LogP contribution is -3.10. The van der Waals surface area contributed by atoms with E-state index in [1.54, 1.807) is 13.1 Å². The third kappa shape index (κ3) is 3.60. The average Bonchev–Trinajstić information content (AvgIpc) is 3.26. The highest BCUT2D eigenvalue weighted by Crippen LogP contribution is 2.48. The van der Waals surface area contributed by atoms with Crippen molar-refractivity contribution in [2.24, 2.45) is 0 Å². The first-order chi connectivity index (χ1) is 16.6. The van der Waals surface area contributed by atoms with E-state index in [2.05, 4.69) is 4.98 Å². The molecular formula is C23H20F3N3O6. The van der Waals surface area contributed by atoms with Gasteiger partial charge < -0.3 is 24.2 Å². The Morgan fingerprint density at radius 2 is 1.97 bits per heavy atom. The van der Waals surface area contributed by atoms with Crippen LogP contribution in [0.1, 0.15) is 28.3 Å². The molecular weight excluding hydrogens is 471 g/mol. The highest BCUT2D eigenvalue weighted by molar-refractivity contribution is 5.63. The molecule has 2 aromatic carbocycles. The Labute approximate surface area is 195 Å². The second-order valence-corrected chi connectivity index (χ2v) is 8.36. The monoisotopic (exact) mass is 491 g/mol. The van der Waals surface area contributed by atoms with Crippen molar-refractivity contribution in [2.75, 3.05) is 27.5 Å². The topological polar surface area (TPSA) is 110 Å². The minimum Gasteiger partial charge on any atom is -0.859 e. The van der Waals surface area contributed by atoms with E-state index in [9.17, 15) is 27.9 Å². The standard InChI is InChI=1S/C23H20F3N3O6/c1-28-7-6-11-8-14-18(35-10-34-14)19(33-2)15(11)17(28)16-20(30)27-22(32)29(21(16)31)13-5-3-4-12(9-13)23(24,25)26/h3-5,8-9,17,31H,6-7,10H2,1-2H3,(H,27,30,32). The lowest BCUT2D eigenvalue weighted by atomic mass is 9.87. The molecule has 0 radical (unpaired) electrons. The highest BCUT2D eigenvalue weighted by atomic mass is 19.4. The number of H-pyrrole nitrogens is 1. The number of hydrogen-bond acceptors (Lipinski definition) is 6. The molecule has 3 heterocycles. The Morgan fingerprint density at radius 1 is 1.20 bits per heavy atom. The normalized spacial score (nSPS) is 18.9. The molecule has 0 saturated carbocycles. The lowest BCUT2D eigenvalue weighted by molar-refractivity contribution is -0.908. The first-order valence-corrected chi connectivity index (χ1v) is 10.7. The smallest absolute Gasteiger partial charge is 0.416 e. The summed E-state index contributed by atoms with van der Waals surface area (Å²) in [6.45, 7) is 0.512. The molecule has 2 aliphatic rings. The van der Waals surface area contributed by atoms with E-state index < -0.39 is 34.9 Å². The van der Waals surface area contributed by atoms with Crippen LogP contribution >= 0.6 is 0 Å². The van der Waals surface area contributed by atoms with E-state index in [0.717, 1.165) is 22.6 Å². The Morgan fingerprint density at radius 3 is 2.69 bits per heavy atom. The van der Waals surface area contributed by atoms with E-state index >= 15 is 0 Å². The zero-order valence-electron chi connectivity index (χ0n) is 18.6. The zero-order chi connectivity index (χ0) is 25.1. The predicted molar refractivity (Wildman–Crippen MR) is 114 cm³/mol. The SMILES string of the molecule is COc1c2c(cc3c1C(c1c([O-])n(-c4cccc(C(F)(F)F)c4)c(=O)[nH]c1=O)[NH+](C)CC3)OCO2. The molecule has 0 spiro atoms. The summed E-state index contributed by atoms with van der Waals surface area (Å²) in [6.07, 6.45) is -4.10. The van der Waals surface area contributed by atoms with Crippen LogP contribution in [0.5, 0.6) is 23.1 Å². The minimum absolute atomic E-state index is 0.0181. The van der Waals surface area contributed by atoms with Gasteiger partial charge in [-0.2, -0.15) is 13.2 Å². The second-order valence-electron chi connectivity index (χ2n) is 8.36. The van der Waals surface area contributed by atoms with Gasteiger partial charge in [-0.3, -0.25) is 14.3 Å². The van der Waals surface area contributed by atoms with Gasteiger partial charge in [-0.25, -0.2) is 4.79 Å². The molecule has 2 aliphatic heterocycles. The fourth-order valence-corrected chi connectivity index (χ4v) is 4.76. The number of ether oxygens (including phenoxy) is 3. The van der Waals surface area contributed by atoms with Gasteiger partial charge in [-0.05, 0) is 35.7 Å². The van der Waals surface area contributed by atoms with Crippen LogP contribution in [0.2, 0.25) is 0 Å². The van der Waals surface area contributed by atoms with Crippen LogP contribution in [-0.2, 0) is 12.6 Å². The van der Waals surface area contributed by atoms with Crippen LogP contribution in [0.3, 0.4) is 0 Å². The number of aromatic amines is 1. The van der Waals surface area contributed by atoms with Crippen molar-refractivity contribution in [3.05, 3.63) is 73.4 Å². The summed E-state index contributed by atoms with van der Waals surface area (Å²) < 4.78 is 57.0. The molecule has 9 nitrogen and oxygen atoms in total. The Balaban J connectivity index is 1.76. The van der Waals surface area contributed by atoms with Crippen LogP contribution < -0.4 is 35.5 Å². The number of quaternary nitrogens is 1. The summed E-state index contributed by atoms with van der Waals surface area (Å²) in [5.74, 6) is 0.106. The number of likely N-dealkylation sites (N-methyl/N-ethyl adjacent to an activating group) is 1. The predicted octanol–water partition coefficient (Wildman–Crippen LogP) is 0.516. The molecule has 3 aromatic rings. The molecule has 35 heavy (non-hydrogen) atoms. The molecule has 12 heteroatoms. The van der Waals surface area contributed by atoms with Crippen molar-refractivity contribution < 1.29 is 37.4 Å². The van der Waals surface area contributed by atoms with Crippen molar-refractivity contribution in [1.82, 2.24) is 9.55 Å². The Kier molecular flexibility index (Phi) is 5.28. The third-order valence-electron chi connectivity index (χ3n) is 6.34. The minimum atomic E-state index is -4.68. The van der Waals surface area contributed by atoms with Crippen molar-refractivity contribution in [2.45, 2.75) is 18.6 Å². The number of nitrogens with zero attached hydrogens (tertiary/aromatic N) is 1. The first-order valence-electron chi connectivity index (χ1n) is 10.7. The van der Waals surface area contributed by atoms with E-state index in [1.807, 2.05) is 0 Å². The van der Waals surface area contributed by atoms with Gasteiger partial charge in [0.05, 0.1) is 37.4 Å². The number of rotatable bonds is 3. The number of methoxy groups -OCH3 is 1. The van der Waals surface area contributed by atoms with Crippen LogP contribution in [0.25, 0.3) is 5.69 Å². The molecule has 5 rings (SSSR count). The first kappa shape index (κ1) is 22.8. The highest BCUT2D eigenvalue weighted by Gasteiger charge is 2.40. The maximum atomic E-state index is 13.6. The van der Waals surface area contributed by atoms with Gasteiger partial charge in [0.1, 0.15) is 6.04 Å². The van der Waals surface area contributed by atoms with Crippen molar-refractivity contribution in [3.8, 4) is 28.8 Å². The van der Waals surface area contributed by atoms with Crippen LogP contribution in [-0.4, -0.2) is 37.0 Å². The van der Waals surface area contributed by atoms with E-state index in [4.69, 9.17) is 14.2 Å². The van der Waals surface area contributed by atoms with Gasteiger partial charge in [0.15, 0.2) is 11.5 Å². The maximum Gasteiger partial charge on any atom is 0.416 e. The van der Waals surface area contributed by atoms with Gasteiger partial charge in [0.2, 0.25) is 12.5 Å². The molecule has 1 aromatic heterocycles. The second kappa shape index (κ2) is 8.08. The molecule has 0 amide bonds. The summed E-state index contributed by atoms with van der Waals surface area (Å²) >= 11 is 0. The molecule has 0 fully saturated rings. The lowest BCUT2D eigenvalue weighted by Gasteiger charge is -2.35. The van der Waals surface area contributed by atoms with Gasteiger partial charge in [-0.15, -0.1) is 0 Å². The number of nitrogens with one attached hydrogen (secondary N) is 2. The summed E-state index contributed by atoms with van der Waals surface area (Å²) in [7, 11) is 3.20. The van der Waals surface area contributed by atoms with E-state index in [1.165, 1.54) is 13.2 Å². The average molecular weight is 491 g/mol. The van der Waals surface area contributed by atoms with Gasteiger partial charge in [-0.1, -0.05) is 6.07 Å². The van der Waals surface area contributed by atoms with E-state index in [0.29, 0.717) is 46.4 Å². The van der Waals surface area contributed by atoms with Crippen molar-refractivity contribution >= 4 is 0 Å². The van der Waals surface area contributed by atoms with Crippen LogP contribution in [0, 0.1) is 0 Å². The number of fused-ring (bicyclic) bond motifs is 2. The zero-order valence-corrected chi connectivity index (χ0v) is 18.6. The quantitative estimate of drug-likeness (QED) is 0.553. The maximum absolute atomic E-state index is 13.6. The molecule has 2 unspecified atom stereocenters. The van der Waals surface area contributed by atoms with Crippen molar-refractivity contribution in [1.29, 1.82) is 0 Å². The third-order valence-corrected chi connectivity index (χ3v) is 6.34. The largest absolute Gasteiger partial charge is 0.859 e.